The summed E-state index contributed by atoms with van der Waals surface area (Å²) in [5, 5.41) is 6.33. The second-order valence-electron chi connectivity index (χ2n) is 2.47. The highest BCUT2D eigenvalue weighted by atomic mass is 16.5. The van der Waals surface area contributed by atoms with Crippen LogP contribution in [0.5, 0.6) is 6.01 Å². The van der Waals surface area contributed by atoms with Crippen LogP contribution in [0, 0.1) is 0 Å². The molecule has 0 aromatic carbocycles. The van der Waals surface area contributed by atoms with Gasteiger partial charge in [-0.3, -0.25) is 5.10 Å². The van der Waals surface area contributed by atoms with Crippen molar-refractivity contribution in [2.45, 2.75) is 0 Å². The first-order valence-electron chi connectivity index (χ1n) is 3.85. The van der Waals surface area contributed by atoms with E-state index in [0.717, 1.165) is 0 Å². The molecule has 14 heavy (non-hydrogen) atoms. The van der Waals surface area contributed by atoms with Crippen LogP contribution in [0.25, 0.3) is 11.5 Å². The third-order valence-corrected chi connectivity index (χ3v) is 1.56. The molecule has 0 aliphatic heterocycles. The SMILES string of the molecule is COc1nccc(-c2nc(N)n[nH]2)n1. The molecule has 0 aliphatic rings. The van der Waals surface area contributed by atoms with Gasteiger partial charge < -0.3 is 10.5 Å². The number of aromatic amines is 1. The van der Waals surface area contributed by atoms with Crippen molar-refractivity contribution in [1.82, 2.24) is 25.1 Å². The van der Waals surface area contributed by atoms with E-state index in [4.69, 9.17) is 10.5 Å². The van der Waals surface area contributed by atoms with E-state index in [-0.39, 0.29) is 12.0 Å². The van der Waals surface area contributed by atoms with E-state index in [1.807, 2.05) is 0 Å². The second-order valence-corrected chi connectivity index (χ2v) is 2.47. The summed E-state index contributed by atoms with van der Waals surface area (Å²) < 4.78 is 4.87. The number of H-pyrrole nitrogens is 1. The molecule has 0 fully saturated rings. The molecule has 3 N–H and O–H groups in total. The Hall–Kier alpha value is -2.18. The second kappa shape index (κ2) is 3.29. The van der Waals surface area contributed by atoms with Gasteiger partial charge in [0.25, 0.3) is 0 Å². The van der Waals surface area contributed by atoms with Crippen molar-refractivity contribution in [1.29, 1.82) is 0 Å². The summed E-state index contributed by atoms with van der Waals surface area (Å²) in [4.78, 5) is 11.8. The number of ether oxygens (including phenoxy) is 1. The number of nitrogens with one attached hydrogen (secondary N) is 1. The van der Waals surface area contributed by atoms with E-state index >= 15 is 0 Å². The van der Waals surface area contributed by atoms with Crippen LogP contribution in [0.3, 0.4) is 0 Å². The largest absolute Gasteiger partial charge is 0.467 e. The number of methoxy groups -OCH3 is 1. The van der Waals surface area contributed by atoms with Crippen molar-refractivity contribution in [2.24, 2.45) is 0 Å². The molecule has 0 saturated carbocycles. The monoisotopic (exact) mass is 192 g/mol. The Morgan fingerprint density at radius 1 is 1.43 bits per heavy atom. The molecule has 0 saturated heterocycles. The first-order chi connectivity index (χ1) is 6.79. The maximum Gasteiger partial charge on any atom is 0.316 e. The van der Waals surface area contributed by atoms with Crippen LogP contribution in [0.15, 0.2) is 12.3 Å². The van der Waals surface area contributed by atoms with Crippen LogP contribution in [-0.2, 0) is 0 Å². The predicted molar refractivity (Wildman–Crippen MR) is 48.4 cm³/mol. The lowest BCUT2D eigenvalue weighted by Gasteiger charge is -1.97. The van der Waals surface area contributed by atoms with E-state index < -0.39 is 0 Å². The standard InChI is InChI=1S/C7H8N6O/c1-14-7-9-3-2-4(10-7)5-11-6(8)13-12-5/h2-3H,1H3,(H3,8,11,12,13). The van der Waals surface area contributed by atoms with Gasteiger partial charge in [-0.25, -0.2) is 4.98 Å². The molecule has 0 amide bonds. The van der Waals surface area contributed by atoms with Crippen molar-refractivity contribution in [2.75, 3.05) is 12.8 Å². The molecule has 0 radical (unpaired) electrons. The highest BCUT2D eigenvalue weighted by Crippen LogP contribution is 2.13. The zero-order valence-corrected chi connectivity index (χ0v) is 7.43. The van der Waals surface area contributed by atoms with Crippen LogP contribution in [0.4, 0.5) is 5.95 Å². The van der Waals surface area contributed by atoms with Gasteiger partial charge in [-0.15, -0.1) is 5.10 Å². The Balaban J connectivity index is 2.41. The van der Waals surface area contributed by atoms with Crippen LogP contribution in [-0.4, -0.2) is 32.3 Å². The highest BCUT2D eigenvalue weighted by Gasteiger charge is 2.06. The first-order valence-corrected chi connectivity index (χ1v) is 3.85. The molecule has 72 valence electrons. The topological polar surface area (TPSA) is 103 Å². The van der Waals surface area contributed by atoms with Gasteiger partial charge in [0.05, 0.1) is 7.11 Å². The van der Waals surface area contributed by atoms with Crippen LogP contribution < -0.4 is 10.5 Å². The number of nitrogens with zero attached hydrogens (tertiary/aromatic N) is 4. The average molecular weight is 192 g/mol. The molecular formula is C7H8N6O. The highest BCUT2D eigenvalue weighted by molar-refractivity contribution is 5.49. The number of hydrogen-bond donors (Lipinski definition) is 2. The van der Waals surface area contributed by atoms with E-state index in [0.29, 0.717) is 11.5 Å². The Morgan fingerprint density at radius 2 is 2.29 bits per heavy atom. The lowest BCUT2D eigenvalue weighted by Crippen LogP contribution is -1.94. The molecule has 0 atom stereocenters. The average Bonchev–Trinajstić information content (AvgIpc) is 2.65. The Kier molecular flexibility index (Phi) is 1.98. The van der Waals surface area contributed by atoms with Crippen molar-refractivity contribution in [3.8, 4) is 17.5 Å². The molecule has 0 aliphatic carbocycles. The van der Waals surface area contributed by atoms with Gasteiger partial charge in [0.2, 0.25) is 5.95 Å². The molecule has 2 aromatic rings. The lowest BCUT2D eigenvalue weighted by molar-refractivity contribution is 0.380. The van der Waals surface area contributed by atoms with Crippen LogP contribution >= 0.6 is 0 Å². The third-order valence-electron chi connectivity index (χ3n) is 1.56. The molecular weight excluding hydrogens is 184 g/mol. The Labute approximate surface area is 79.4 Å². The number of rotatable bonds is 2. The van der Waals surface area contributed by atoms with Crippen molar-refractivity contribution >= 4 is 5.95 Å². The maximum absolute atomic E-state index is 5.36. The van der Waals surface area contributed by atoms with Gasteiger partial charge >= 0.3 is 6.01 Å². The van der Waals surface area contributed by atoms with E-state index in [9.17, 15) is 0 Å². The predicted octanol–water partition coefficient (Wildman–Crippen LogP) is -0.148. The Bertz CT molecular complexity index is 439. The molecule has 0 spiro atoms. The number of aromatic nitrogens is 5. The van der Waals surface area contributed by atoms with Crippen LogP contribution in [0.2, 0.25) is 0 Å². The number of hydrogen-bond acceptors (Lipinski definition) is 6. The molecule has 7 heteroatoms. The van der Waals surface area contributed by atoms with Crippen molar-refractivity contribution in [3.63, 3.8) is 0 Å². The van der Waals surface area contributed by atoms with Gasteiger partial charge in [-0.1, -0.05) is 0 Å². The smallest absolute Gasteiger partial charge is 0.316 e. The summed E-state index contributed by atoms with van der Waals surface area (Å²) in [7, 11) is 1.49. The summed E-state index contributed by atoms with van der Waals surface area (Å²) in [6.07, 6.45) is 1.57. The fourth-order valence-electron chi connectivity index (χ4n) is 0.960. The molecule has 0 unspecified atom stereocenters. The minimum absolute atomic E-state index is 0.178. The molecule has 2 aromatic heterocycles. The minimum Gasteiger partial charge on any atom is -0.467 e. The maximum atomic E-state index is 5.36. The summed E-state index contributed by atoms with van der Waals surface area (Å²) in [6, 6.07) is 1.96. The molecule has 0 bridgehead atoms. The van der Waals surface area contributed by atoms with Gasteiger partial charge in [0.1, 0.15) is 5.69 Å². The zero-order chi connectivity index (χ0) is 9.97. The quantitative estimate of drug-likeness (QED) is 0.686. The van der Waals surface area contributed by atoms with Crippen molar-refractivity contribution in [3.05, 3.63) is 12.3 Å². The molecule has 2 heterocycles. The summed E-state index contributed by atoms with van der Waals surface area (Å²) in [5.74, 6) is 0.667. The van der Waals surface area contributed by atoms with Gasteiger partial charge in [0.15, 0.2) is 5.82 Å². The van der Waals surface area contributed by atoms with Crippen LogP contribution in [0.1, 0.15) is 0 Å². The molecule has 2 rings (SSSR count). The number of nitrogen functional groups attached to an aromatic ring is 1. The number of anilines is 1. The summed E-state index contributed by atoms with van der Waals surface area (Å²) >= 11 is 0. The van der Waals surface area contributed by atoms with Gasteiger partial charge in [-0.2, -0.15) is 9.97 Å². The first kappa shape index (κ1) is 8.42. The summed E-state index contributed by atoms with van der Waals surface area (Å²) in [5.41, 5.74) is 5.94. The number of nitrogens with two attached hydrogens (primary N) is 1. The molecule has 7 nitrogen and oxygen atoms in total. The summed E-state index contributed by atoms with van der Waals surface area (Å²) in [6.45, 7) is 0. The Morgan fingerprint density at radius 3 is 2.93 bits per heavy atom. The van der Waals surface area contributed by atoms with E-state index in [1.54, 1.807) is 12.3 Å². The minimum atomic E-state index is 0.178. The van der Waals surface area contributed by atoms with E-state index in [2.05, 4.69) is 25.1 Å². The van der Waals surface area contributed by atoms with E-state index in [1.165, 1.54) is 7.11 Å². The third kappa shape index (κ3) is 1.47. The lowest BCUT2D eigenvalue weighted by atomic mass is 10.4. The zero-order valence-electron chi connectivity index (χ0n) is 7.43. The fraction of sp³-hybridized carbons (Fsp3) is 0.143. The fourth-order valence-corrected chi connectivity index (χ4v) is 0.960. The van der Waals surface area contributed by atoms with Gasteiger partial charge in [0, 0.05) is 6.20 Å². The van der Waals surface area contributed by atoms with Crippen molar-refractivity contribution < 1.29 is 4.74 Å². The normalized spacial score (nSPS) is 10.1. The van der Waals surface area contributed by atoms with Gasteiger partial charge in [-0.05, 0) is 6.07 Å².